The van der Waals surface area contributed by atoms with Crippen molar-refractivity contribution in [3.8, 4) is 0 Å². The molecule has 0 amide bonds. The zero-order valence-electron chi connectivity index (χ0n) is 10.7. The van der Waals surface area contributed by atoms with Crippen LogP contribution in [0.5, 0.6) is 0 Å². The van der Waals surface area contributed by atoms with E-state index in [1.54, 1.807) is 0 Å². The third-order valence-electron chi connectivity index (χ3n) is 2.99. The second kappa shape index (κ2) is 6.85. The van der Waals surface area contributed by atoms with E-state index in [1.807, 2.05) is 37.3 Å². The molecule has 100 valence electrons. The molecule has 3 unspecified atom stereocenters. The Balaban J connectivity index is 1.69. The second-order valence-corrected chi connectivity index (χ2v) is 4.69. The summed E-state index contributed by atoms with van der Waals surface area (Å²) in [6.45, 7) is 4.56. The Morgan fingerprint density at radius 3 is 2.89 bits per heavy atom. The van der Waals surface area contributed by atoms with E-state index in [0.29, 0.717) is 13.2 Å². The molecule has 0 aliphatic carbocycles. The summed E-state index contributed by atoms with van der Waals surface area (Å²) in [6.07, 6.45) is -0.261. The van der Waals surface area contributed by atoms with Gasteiger partial charge in [-0.15, -0.1) is 0 Å². The third-order valence-corrected chi connectivity index (χ3v) is 2.99. The van der Waals surface area contributed by atoms with Gasteiger partial charge in [0.25, 0.3) is 0 Å². The van der Waals surface area contributed by atoms with Gasteiger partial charge in [0.2, 0.25) is 0 Å². The average molecular weight is 251 g/mol. The molecule has 4 nitrogen and oxygen atoms in total. The number of hydrogen-bond donors (Lipinski definition) is 2. The lowest BCUT2D eigenvalue weighted by Crippen LogP contribution is -2.45. The van der Waals surface area contributed by atoms with Crippen molar-refractivity contribution in [1.29, 1.82) is 0 Å². The summed E-state index contributed by atoms with van der Waals surface area (Å²) in [5, 5.41) is 13.2. The van der Waals surface area contributed by atoms with Crippen molar-refractivity contribution in [2.45, 2.75) is 25.2 Å². The minimum Gasteiger partial charge on any atom is -0.386 e. The predicted octanol–water partition coefficient (Wildman–Crippen LogP) is 1.11. The number of ether oxygens (including phenoxy) is 2. The molecule has 1 fully saturated rings. The van der Waals surface area contributed by atoms with Crippen LogP contribution >= 0.6 is 0 Å². The minimum atomic E-state index is -0.569. The molecule has 2 N–H and O–H groups in total. The molecule has 0 bridgehead atoms. The Kier molecular flexibility index (Phi) is 5.13. The SMILES string of the molecule is CC1CNCC(COCC(O)c2ccccc2)O1. The second-order valence-electron chi connectivity index (χ2n) is 4.69. The van der Waals surface area contributed by atoms with Crippen LogP contribution in [-0.4, -0.2) is 43.6 Å². The van der Waals surface area contributed by atoms with Crippen LogP contribution in [0.3, 0.4) is 0 Å². The molecule has 1 aliphatic rings. The first kappa shape index (κ1) is 13.5. The molecule has 18 heavy (non-hydrogen) atoms. The summed E-state index contributed by atoms with van der Waals surface area (Å²) in [7, 11) is 0. The van der Waals surface area contributed by atoms with E-state index in [2.05, 4.69) is 5.32 Å². The van der Waals surface area contributed by atoms with Crippen molar-refractivity contribution in [3.63, 3.8) is 0 Å². The number of aliphatic hydroxyl groups excluding tert-OH is 1. The molecule has 1 saturated heterocycles. The van der Waals surface area contributed by atoms with Gasteiger partial charge in [0.1, 0.15) is 6.10 Å². The summed E-state index contributed by atoms with van der Waals surface area (Å²) < 4.78 is 11.2. The van der Waals surface area contributed by atoms with E-state index in [-0.39, 0.29) is 12.2 Å². The first-order valence-corrected chi connectivity index (χ1v) is 6.42. The van der Waals surface area contributed by atoms with Crippen LogP contribution in [0.4, 0.5) is 0 Å². The van der Waals surface area contributed by atoms with Crippen molar-refractivity contribution in [3.05, 3.63) is 35.9 Å². The van der Waals surface area contributed by atoms with Crippen LogP contribution in [0.25, 0.3) is 0 Å². The zero-order valence-corrected chi connectivity index (χ0v) is 10.7. The normalized spacial score (nSPS) is 25.9. The van der Waals surface area contributed by atoms with E-state index in [4.69, 9.17) is 9.47 Å². The van der Waals surface area contributed by atoms with Gasteiger partial charge in [0.15, 0.2) is 0 Å². The average Bonchev–Trinajstić information content (AvgIpc) is 2.40. The Morgan fingerprint density at radius 1 is 1.39 bits per heavy atom. The molecule has 1 heterocycles. The van der Waals surface area contributed by atoms with E-state index in [0.717, 1.165) is 18.7 Å². The van der Waals surface area contributed by atoms with Crippen LogP contribution in [0.1, 0.15) is 18.6 Å². The molecular weight excluding hydrogens is 230 g/mol. The van der Waals surface area contributed by atoms with Crippen molar-refractivity contribution >= 4 is 0 Å². The van der Waals surface area contributed by atoms with E-state index < -0.39 is 6.10 Å². The van der Waals surface area contributed by atoms with Crippen LogP contribution in [0.15, 0.2) is 30.3 Å². The number of hydrogen-bond acceptors (Lipinski definition) is 4. The fourth-order valence-corrected chi connectivity index (χ4v) is 2.05. The van der Waals surface area contributed by atoms with E-state index >= 15 is 0 Å². The maximum atomic E-state index is 9.92. The molecule has 0 spiro atoms. The molecule has 1 aromatic rings. The van der Waals surface area contributed by atoms with Gasteiger partial charge in [-0.25, -0.2) is 0 Å². The van der Waals surface area contributed by atoms with Crippen molar-refractivity contribution < 1.29 is 14.6 Å². The number of aliphatic hydroxyl groups is 1. The van der Waals surface area contributed by atoms with Gasteiger partial charge in [-0.3, -0.25) is 0 Å². The molecule has 2 rings (SSSR count). The fourth-order valence-electron chi connectivity index (χ4n) is 2.05. The van der Waals surface area contributed by atoms with Gasteiger partial charge in [0.05, 0.1) is 25.4 Å². The monoisotopic (exact) mass is 251 g/mol. The van der Waals surface area contributed by atoms with Crippen LogP contribution in [0, 0.1) is 0 Å². The summed E-state index contributed by atoms with van der Waals surface area (Å²) in [6, 6.07) is 9.55. The first-order chi connectivity index (χ1) is 8.75. The highest BCUT2D eigenvalue weighted by Crippen LogP contribution is 2.12. The van der Waals surface area contributed by atoms with Crippen molar-refractivity contribution in [2.24, 2.45) is 0 Å². The summed E-state index contributed by atoms with van der Waals surface area (Å²) in [4.78, 5) is 0. The molecule has 1 aromatic carbocycles. The molecular formula is C14H21NO3. The molecule has 1 aliphatic heterocycles. The maximum absolute atomic E-state index is 9.92. The van der Waals surface area contributed by atoms with E-state index in [1.165, 1.54) is 0 Å². The van der Waals surface area contributed by atoms with Crippen LogP contribution < -0.4 is 5.32 Å². The van der Waals surface area contributed by atoms with Crippen molar-refractivity contribution in [1.82, 2.24) is 5.32 Å². The van der Waals surface area contributed by atoms with E-state index in [9.17, 15) is 5.11 Å². The fraction of sp³-hybridized carbons (Fsp3) is 0.571. The molecule has 3 atom stereocenters. The van der Waals surface area contributed by atoms with Gasteiger partial charge in [0, 0.05) is 13.1 Å². The standard InChI is InChI=1S/C14H21NO3/c1-11-7-15-8-13(18-11)9-17-10-14(16)12-5-3-2-4-6-12/h2-6,11,13-16H,7-10H2,1H3. The highest BCUT2D eigenvalue weighted by Gasteiger charge is 2.19. The zero-order chi connectivity index (χ0) is 12.8. The van der Waals surface area contributed by atoms with Gasteiger partial charge in [-0.05, 0) is 12.5 Å². The molecule has 0 aromatic heterocycles. The topological polar surface area (TPSA) is 50.7 Å². The van der Waals surface area contributed by atoms with Gasteiger partial charge >= 0.3 is 0 Å². The minimum absolute atomic E-state index is 0.0803. The highest BCUT2D eigenvalue weighted by atomic mass is 16.5. The number of morpholine rings is 1. The largest absolute Gasteiger partial charge is 0.386 e. The number of benzene rings is 1. The Labute approximate surface area is 108 Å². The third kappa shape index (κ3) is 4.07. The Bertz CT molecular complexity index is 344. The quantitative estimate of drug-likeness (QED) is 0.823. The number of nitrogens with one attached hydrogen (secondary N) is 1. The summed E-state index contributed by atoms with van der Waals surface area (Å²) in [5.74, 6) is 0. The molecule has 0 radical (unpaired) electrons. The molecule has 4 heteroatoms. The summed E-state index contributed by atoms with van der Waals surface area (Å²) >= 11 is 0. The lowest BCUT2D eigenvalue weighted by atomic mass is 10.1. The molecule has 0 saturated carbocycles. The Hall–Kier alpha value is -0.940. The maximum Gasteiger partial charge on any atom is 0.102 e. The van der Waals surface area contributed by atoms with Gasteiger partial charge in [-0.1, -0.05) is 30.3 Å². The summed E-state index contributed by atoms with van der Waals surface area (Å²) in [5.41, 5.74) is 0.883. The van der Waals surface area contributed by atoms with Gasteiger partial charge < -0.3 is 19.9 Å². The smallest absolute Gasteiger partial charge is 0.102 e. The predicted molar refractivity (Wildman–Crippen MR) is 69.4 cm³/mol. The Morgan fingerprint density at radius 2 is 2.17 bits per heavy atom. The lowest BCUT2D eigenvalue weighted by Gasteiger charge is -2.28. The van der Waals surface area contributed by atoms with Crippen molar-refractivity contribution in [2.75, 3.05) is 26.3 Å². The van der Waals surface area contributed by atoms with Crippen LogP contribution in [0.2, 0.25) is 0 Å². The van der Waals surface area contributed by atoms with Crippen LogP contribution in [-0.2, 0) is 9.47 Å². The lowest BCUT2D eigenvalue weighted by molar-refractivity contribution is -0.0795. The highest BCUT2D eigenvalue weighted by molar-refractivity contribution is 5.17. The van der Waals surface area contributed by atoms with Gasteiger partial charge in [-0.2, -0.15) is 0 Å². The number of rotatable bonds is 5. The first-order valence-electron chi connectivity index (χ1n) is 6.42.